The Kier molecular flexibility index (Phi) is 5.52. The van der Waals surface area contributed by atoms with Gasteiger partial charge in [0.25, 0.3) is 0 Å². The predicted molar refractivity (Wildman–Crippen MR) is 79.5 cm³/mol. The summed E-state index contributed by atoms with van der Waals surface area (Å²) in [7, 11) is 0. The van der Waals surface area contributed by atoms with E-state index < -0.39 is 6.09 Å². The maximum Gasteiger partial charge on any atom is 0.410 e. The van der Waals surface area contributed by atoms with Crippen LogP contribution in [0, 0.1) is 0 Å². The lowest BCUT2D eigenvalue weighted by atomic mass is 10.2. The maximum atomic E-state index is 12.1. The molecule has 108 valence electrons. The number of carbonyl (C=O) groups excluding carboxylic acids is 2. The zero-order valence-electron chi connectivity index (χ0n) is 11.6. The quantitative estimate of drug-likeness (QED) is 0.766. The van der Waals surface area contributed by atoms with Crippen LogP contribution in [0.1, 0.15) is 11.1 Å². The standard InChI is InChI=1S/C17H17NO3/c19-12-11-18(13-15-7-3-1-4-8-15)17(20)21-14-16-9-5-2-6-10-16/h1-10,12H,11,13-14H2. The Labute approximate surface area is 124 Å². The Bertz CT molecular complexity index is 569. The zero-order chi connectivity index (χ0) is 14.9. The predicted octanol–water partition coefficient (Wildman–Crippen LogP) is 3.02. The largest absolute Gasteiger partial charge is 0.445 e. The molecule has 0 aliphatic carbocycles. The fourth-order valence-electron chi connectivity index (χ4n) is 1.91. The smallest absolute Gasteiger partial charge is 0.410 e. The number of carbonyl (C=O) groups is 2. The van der Waals surface area contributed by atoms with Crippen molar-refractivity contribution in [2.24, 2.45) is 0 Å². The zero-order valence-corrected chi connectivity index (χ0v) is 11.6. The van der Waals surface area contributed by atoms with Crippen molar-refractivity contribution in [2.45, 2.75) is 13.2 Å². The number of aldehydes is 1. The third kappa shape index (κ3) is 4.76. The fourth-order valence-corrected chi connectivity index (χ4v) is 1.91. The van der Waals surface area contributed by atoms with Gasteiger partial charge in [0.15, 0.2) is 0 Å². The second-order valence-corrected chi connectivity index (χ2v) is 4.57. The Hall–Kier alpha value is -2.62. The molecule has 4 heteroatoms. The number of rotatable bonds is 6. The second kappa shape index (κ2) is 7.85. The van der Waals surface area contributed by atoms with Crippen molar-refractivity contribution < 1.29 is 14.3 Å². The van der Waals surface area contributed by atoms with E-state index >= 15 is 0 Å². The molecule has 0 heterocycles. The second-order valence-electron chi connectivity index (χ2n) is 4.57. The van der Waals surface area contributed by atoms with E-state index in [-0.39, 0.29) is 13.2 Å². The van der Waals surface area contributed by atoms with E-state index in [0.717, 1.165) is 11.1 Å². The van der Waals surface area contributed by atoms with Crippen molar-refractivity contribution >= 4 is 12.4 Å². The maximum absolute atomic E-state index is 12.1. The molecule has 0 bridgehead atoms. The molecule has 0 unspecified atom stereocenters. The van der Waals surface area contributed by atoms with Gasteiger partial charge in [0, 0.05) is 6.54 Å². The molecule has 21 heavy (non-hydrogen) atoms. The molecule has 0 spiro atoms. The summed E-state index contributed by atoms with van der Waals surface area (Å²) in [5.41, 5.74) is 1.87. The van der Waals surface area contributed by atoms with Gasteiger partial charge >= 0.3 is 6.09 Å². The van der Waals surface area contributed by atoms with Crippen molar-refractivity contribution in [2.75, 3.05) is 6.54 Å². The summed E-state index contributed by atoms with van der Waals surface area (Å²) in [5.74, 6) is 0. The van der Waals surface area contributed by atoms with Crippen LogP contribution in [-0.2, 0) is 22.7 Å². The number of amides is 1. The van der Waals surface area contributed by atoms with Crippen LogP contribution in [0.5, 0.6) is 0 Å². The van der Waals surface area contributed by atoms with Crippen LogP contribution in [0.3, 0.4) is 0 Å². The van der Waals surface area contributed by atoms with Gasteiger partial charge in [-0.25, -0.2) is 4.79 Å². The van der Waals surface area contributed by atoms with E-state index in [1.54, 1.807) is 0 Å². The first kappa shape index (κ1) is 14.8. The summed E-state index contributed by atoms with van der Waals surface area (Å²) in [5, 5.41) is 0. The summed E-state index contributed by atoms with van der Waals surface area (Å²) in [6, 6.07) is 18.9. The minimum Gasteiger partial charge on any atom is -0.445 e. The van der Waals surface area contributed by atoms with Crippen LogP contribution in [0.25, 0.3) is 0 Å². The monoisotopic (exact) mass is 283 g/mol. The van der Waals surface area contributed by atoms with Crippen molar-refractivity contribution in [3.05, 3.63) is 71.8 Å². The average Bonchev–Trinajstić information content (AvgIpc) is 2.54. The van der Waals surface area contributed by atoms with Crippen LogP contribution in [0.4, 0.5) is 4.79 Å². The lowest BCUT2D eigenvalue weighted by molar-refractivity contribution is -0.108. The van der Waals surface area contributed by atoms with Crippen molar-refractivity contribution in [1.29, 1.82) is 0 Å². The molecule has 0 aromatic heterocycles. The molecule has 0 N–H and O–H groups in total. The number of ether oxygens (including phenoxy) is 1. The highest BCUT2D eigenvalue weighted by Crippen LogP contribution is 2.07. The van der Waals surface area contributed by atoms with E-state index in [0.29, 0.717) is 12.8 Å². The lowest BCUT2D eigenvalue weighted by Crippen LogP contribution is -2.32. The van der Waals surface area contributed by atoms with Gasteiger partial charge in [0.2, 0.25) is 0 Å². The molecule has 2 aromatic carbocycles. The number of nitrogens with zero attached hydrogens (tertiary/aromatic N) is 1. The summed E-state index contributed by atoms with van der Waals surface area (Å²) < 4.78 is 5.24. The molecule has 0 saturated carbocycles. The molecule has 0 radical (unpaired) electrons. The molecule has 0 fully saturated rings. The van der Waals surface area contributed by atoms with E-state index in [1.807, 2.05) is 60.7 Å². The molecule has 2 aromatic rings. The molecule has 0 aliphatic rings. The van der Waals surface area contributed by atoms with Crippen LogP contribution in [0.15, 0.2) is 60.7 Å². The van der Waals surface area contributed by atoms with Gasteiger partial charge < -0.3 is 9.53 Å². The molecule has 0 saturated heterocycles. The third-order valence-electron chi connectivity index (χ3n) is 2.97. The SMILES string of the molecule is O=CCN(Cc1ccccc1)C(=O)OCc1ccccc1. The summed E-state index contributed by atoms with van der Waals surface area (Å²) in [6.07, 6.45) is 0.210. The minimum absolute atomic E-state index is 0.0164. The van der Waals surface area contributed by atoms with E-state index in [4.69, 9.17) is 4.74 Å². The van der Waals surface area contributed by atoms with E-state index in [9.17, 15) is 9.59 Å². The van der Waals surface area contributed by atoms with Crippen LogP contribution in [0.2, 0.25) is 0 Å². The van der Waals surface area contributed by atoms with Crippen molar-refractivity contribution in [3.63, 3.8) is 0 Å². The van der Waals surface area contributed by atoms with Gasteiger partial charge in [0.05, 0.1) is 6.54 Å². The molecule has 0 atom stereocenters. The van der Waals surface area contributed by atoms with Crippen LogP contribution < -0.4 is 0 Å². The fraction of sp³-hybridized carbons (Fsp3) is 0.176. The number of benzene rings is 2. The minimum atomic E-state index is -0.491. The average molecular weight is 283 g/mol. The van der Waals surface area contributed by atoms with Gasteiger partial charge in [0.1, 0.15) is 12.9 Å². The van der Waals surface area contributed by atoms with Gasteiger partial charge in [-0.2, -0.15) is 0 Å². The van der Waals surface area contributed by atoms with Crippen molar-refractivity contribution in [1.82, 2.24) is 4.90 Å². The first-order valence-electron chi connectivity index (χ1n) is 6.73. The highest BCUT2D eigenvalue weighted by Gasteiger charge is 2.15. The van der Waals surface area contributed by atoms with E-state index in [1.165, 1.54) is 4.90 Å². The van der Waals surface area contributed by atoms with Gasteiger partial charge in [-0.15, -0.1) is 0 Å². The first-order valence-corrected chi connectivity index (χ1v) is 6.73. The number of hydrogen-bond donors (Lipinski definition) is 0. The first-order chi connectivity index (χ1) is 10.3. The molecule has 2 rings (SSSR count). The Morgan fingerprint density at radius 2 is 1.52 bits per heavy atom. The Morgan fingerprint density at radius 3 is 2.10 bits per heavy atom. The summed E-state index contributed by atoms with van der Waals surface area (Å²) in [6.45, 7) is 0.569. The van der Waals surface area contributed by atoms with Gasteiger partial charge in [-0.3, -0.25) is 4.90 Å². The molecule has 0 aliphatic heterocycles. The lowest BCUT2D eigenvalue weighted by Gasteiger charge is -2.19. The topological polar surface area (TPSA) is 46.6 Å². The summed E-state index contributed by atoms with van der Waals surface area (Å²) >= 11 is 0. The normalized spacial score (nSPS) is 9.90. The highest BCUT2D eigenvalue weighted by atomic mass is 16.6. The highest BCUT2D eigenvalue weighted by molar-refractivity contribution is 5.71. The van der Waals surface area contributed by atoms with Crippen molar-refractivity contribution in [3.8, 4) is 0 Å². The third-order valence-corrected chi connectivity index (χ3v) is 2.97. The number of hydrogen-bond acceptors (Lipinski definition) is 3. The van der Waals surface area contributed by atoms with E-state index in [2.05, 4.69) is 0 Å². The molecular formula is C17H17NO3. The van der Waals surface area contributed by atoms with Gasteiger partial charge in [-0.1, -0.05) is 60.7 Å². The Balaban J connectivity index is 1.94. The Morgan fingerprint density at radius 1 is 0.952 bits per heavy atom. The summed E-state index contributed by atoms with van der Waals surface area (Å²) in [4.78, 5) is 24.2. The van der Waals surface area contributed by atoms with Gasteiger partial charge in [-0.05, 0) is 11.1 Å². The van der Waals surface area contributed by atoms with Crippen LogP contribution in [-0.4, -0.2) is 23.8 Å². The van der Waals surface area contributed by atoms with Crippen LogP contribution >= 0.6 is 0 Å². The molecule has 4 nitrogen and oxygen atoms in total. The molecular weight excluding hydrogens is 266 g/mol. The molecule has 1 amide bonds.